The second kappa shape index (κ2) is 7.48. The van der Waals surface area contributed by atoms with Gasteiger partial charge in [-0.15, -0.1) is 0 Å². The number of anilines is 1. The van der Waals surface area contributed by atoms with Gasteiger partial charge in [0, 0.05) is 24.2 Å². The van der Waals surface area contributed by atoms with E-state index < -0.39 is 5.41 Å². The molecule has 0 bridgehead atoms. The number of carbonyl (C=O) groups excluding carboxylic acids is 2. The molecule has 0 radical (unpaired) electrons. The van der Waals surface area contributed by atoms with Gasteiger partial charge in [-0.1, -0.05) is 11.6 Å². The van der Waals surface area contributed by atoms with Crippen LogP contribution < -0.4 is 10.1 Å². The van der Waals surface area contributed by atoms with Crippen molar-refractivity contribution in [2.24, 2.45) is 0 Å². The number of carbonyl (C=O) groups is 2. The average Bonchev–Trinajstić information content (AvgIpc) is 2.95. The van der Waals surface area contributed by atoms with Gasteiger partial charge in [-0.25, -0.2) is 9.97 Å². The van der Waals surface area contributed by atoms with Crippen molar-refractivity contribution in [2.75, 3.05) is 31.6 Å². The summed E-state index contributed by atoms with van der Waals surface area (Å²) in [6.07, 6.45) is 4.53. The lowest BCUT2D eigenvalue weighted by Crippen LogP contribution is -2.47. The molecule has 2 aliphatic heterocycles. The maximum absolute atomic E-state index is 12.7. The number of amides is 1. The topological polar surface area (TPSA) is 84.4 Å². The fourth-order valence-electron chi connectivity index (χ4n) is 3.91. The minimum Gasteiger partial charge on any atom is -0.489 e. The van der Waals surface area contributed by atoms with Gasteiger partial charge in [-0.05, 0) is 49.7 Å². The normalized spacial score (nSPS) is 18.0. The summed E-state index contributed by atoms with van der Waals surface area (Å²) in [6, 6.07) is 5.60. The first kappa shape index (κ1) is 18.8. The Hall–Kier alpha value is -2.51. The van der Waals surface area contributed by atoms with Gasteiger partial charge in [0.2, 0.25) is 5.91 Å². The molecule has 1 spiro atoms. The number of likely N-dealkylation sites (tertiary alicyclic amines) is 1. The molecule has 1 fully saturated rings. The van der Waals surface area contributed by atoms with Gasteiger partial charge in [0.1, 0.15) is 6.61 Å². The molecular weight excluding hydrogens is 380 g/mol. The number of aromatic nitrogens is 2. The molecule has 28 heavy (non-hydrogen) atoms. The second-order valence-corrected chi connectivity index (χ2v) is 7.65. The highest BCUT2D eigenvalue weighted by Crippen LogP contribution is 2.45. The molecule has 2 aliphatic rings. The number of hydrogen-bond donors (Lipinski definition) is 1. The van der Waals surface area contributed by atoms with Gasteiger partial charge in [0.15, 0.2) is 17.4 Å². The zero-order valence-electron chi connectivity index (χ0n) is 15.6. The van der Waals surface area contributed by atoms with Crippen molar-refractivity contribution < 1.29 is 14.3 Å². The standard InChI is InChI=1S/C20H21ClN4O3/c1-13(26)18-22-11-15(12-23-18)28-9-8-25-6-4-20(5-7-25)16-10-14(21)2-3-17(16)24-19(20)27/h2-3,10-12H,4-9H2,1H3,(H,24,27). The highest BCUT2D eigenvalue weighted by Gasteiger charge is 2.48. The fourth-order valence-corrected chi connectivity index (χ4v) is 4.08. The molecule has 1 amide bonds. The number of ether oxygens (including phenoxy) is 1. The number of ketones is 1. The highest BCUT2D eigenvalue weighted by molar-refractivity contribution is 6.31. The van der Waals surface area contributed by atoms with Crippen molar-refractivity contribution in [3.05, 3.63) is 47.0 Å². The molecule has 1 aromatic heterocycles. The summed E-state index contributed by atoms with van der Waals surface area (Å²) in [6.45, 7) is 4.28. The number of nitrogens with one attached hydrogen (secondary N) is 1. The zero-order chi connectivity index (χ0) is 19.7. The smallest absolute Gasteiger partial charge is 0.235 e. The lowest BCUT2D eigenvalue weighted by molar-refractivity contribution is -0.122. The van der Waals surface area contributed by atoms with E-state index in [-0.39, 0.29) is 17.5 Å². The van der Waals surface area contributed by atoms with Crippen LogP contribution in [0, 0.1) is 0 Å². The minimum absolute atomic E-state index is 0.0726. The molecule has 3 heterocycles. The summed E-state index contributed by atoms with van der Waals surface area (Å²) < 4.78 is 5.68. The third kappa shape index (κ3) is 3.47. The van der Waals surface area contributed by atoms with E-state index in [2.05, 4.69) is 20.2 Å². The van der Waals surface area contributed by atoms with Crippen LogP contribution in [0.1, 0.15) is 35.9 Å². The number of fused-ring (bicyclic) bond motifs is 2. The number of benzene rings is 1. The monoisotopic (exact) mass is 400 g/mol. The van der Waals surface area contributed by atoms with E-state index in [0.29, 0.717) is 17.4 Å². The van der Waals surface area contributed by atoms with E-state index in [4.69, 9.17) is 16.3 Å². The van der Waals surface area contributed by atoms with Gasteiger partial charge >= 0.3 is 0 Å². The van der Waals surface area contributed by atoms with Crippen LogP contribution in [0.25, 0.3) is 0 Å². The molecule has 146 valence electrons. The Morgan fingerprint density at radius 3 is 2.68 bits per heavy atom. The third-order valence-electron chi connectivity index (χ3n) is 5.51. The van der Waals surface area contributed by atoms with Crippen LogP contribution in [0.3, 0.4) is 0 Å². The van der Waals surface area contributed by atoms with E-state index in [1.165, 1.54) is 19.3 Å². The van der Waals surface area contributed by atoms with Crippen LogP contribution in [0.4, 0.5) is 5.69 Å². The molecule has 1 N–H and O–H groups in total. The van der Waals surface area contributed by atoms with Gasteiger partial charge in [-0.2, -0.15) is 0 Å². The summed E-state index contributed by atoms with van der Waals surface area (Å²) in [5.74, 6) is 0.622. The number of rotatable bonds is 5. The molecule has 1 aromatic carbocycles. The van der Waals surface area contributed by atoms with Gasteiger partial charge in [-0.3, -0.25) is 14.5 Å². The summed E-state index contributed by atoms with van der Waals surface area (Å²) in [5.41, 5.74) is 1.41. The van der Waals surface area contributed by atoms with Crippen LogP contribution in [0.15, 0.2) is 30.6 Å². The average molecular weight is 401 g/mol. The zero-order valence-corrected chi connectivity index (χ0v) is 16.3. The van der Waals surface area contributed by atoms with E-state index in [1.807, 2.05) is 12.1 Å². The molecule has 0 unspecified atom stereocenters. The van der Waals surface area contributed by atoms with Crippen LogP contribution in [-0.4, -0.2) is 52.8 Å². The first-order chi connectivity index (χ1) is 13.5. The third-order valence-corrected chi connectivity index (χ3v) is 5.74. The van der Waals surface area contributed by atoms with Crippen LogP contribution in [0.5, 0.6) is 5.75 Å². The van der Waals surface area contributed by atoms with E-state index >= 15 is 0 Å². The summed E-state index contributed by atoms with van der Waals surface area (Å²) >= 11 is 6.16. The first-order valence-corrected chi connectivity index (χ1v) is 9.65. The van der Waals surface area contributed by atoms with Crippen molar-refractivity contribution in [3.63, 3.8) is 0 Å². The number of hydrogen-bond acceptors (Lipinski definition) is 6. The maximum Gasteiger partial charge on any atom is 0.235 e. The first-order valence-electron chi connectivity index (χ1n) is 9.27. The van der Waals surface area contributed by atoms with Crippen molar-refractivity contribution in [2.45, 2.75) is 25.2 Å². The largest absolute Gasteiger partial charge is 0.489 e. The Kier molecular flexibility index (Phi) is 5.03. The molecule has 0 atom stereocenters. The van der Waals surface area contributed by atoms with Crippen LogP contribution in [-0.2, 0) is 10.2 Å². The highest BCUT2D eigenvalue weighted by atomic mass is 35.5. The number of halogens is 1. The van der Waals surface area contributed by atoms with Gasteiger partial charge in [0.05, 0.1) is 17.8 Å². The number of piperidine rings is 1. The Labute approximate surface area is 168 Å². The Morgan fingerprint density at radius 2 is 2.00 bits per heavy atom. The molecule has 7 nitrogen and oxygen atoms in total. The lowest BCUT2D eigenvalue weighted by atomic mass is 9.73. The lowest BCUT2D eigenvalue weighted by Gasteiger charge is -2.37. The van der Waals surface area contributed by atoms with E-state index in [9.17, 15) is 9.59 Å². The molecule has 4 rings (SSSR count). The second-order valence-electron chi connectivity index (χ2n) is 7.21. The molecule has 0 saturated carbocycles. The van der Waals surface area contributed by atoms with Crippen molar-refractivity contribution in [1.29, 1.82) is 0 Å². The quantitative estimate of drug-likeness (QED) is 0.777. The predicted octanol–water partition coefficient (Wildman–Crippen LogP) is 2.70. The van der Waals surface area contributed by atoms with Crippen molar-refractivity contribution in [1.82, 2.24) is 14.9 Å². The molecule has 8 heteroatoms. The Morgan fingerprint density at radius 1 is 1.29 bits per heavy atom. The number of Topliss-reactive ketones (excluding diaryl/α,β-unsaturated/α-hetero) is 1. The van der Waals surface area contributed by atoms with Gasteiger partial charge < -0.3 is 10.1 Å². The van der Waals surface area contributed by atoms with E-state index in [1.54, 1.807) is 6.07 Å². The Balaban J connectivity index is 1.32. The molecular formula is C20H21ClN4O3. The molecule has 0 aliphatic carbocycles. The van der Waals surface area contributed by atoms with Crippen LogP contribution >= 0.6 is 11.6 Å². The minimum atomic E-state index is -0.478. The fraction of sp³-hybridized carbons (Fsp3) is 0.400. The number of nitrogens with zero attached hydrogens (tertiary/aromatic N) is 3. The van der Waals surface area contributed by atoms with E-state index in [0.717, 1.165) is 43.7 Å². The summed E-state index contributed by atoms with van der Waals surface area (Å²) in [7, 11) is 0. The van der Waals surface area contributed by atoms with Crippen LogP contribution in [0.2, 0.25) is 5.02 Å². The Bertz CT molecular complexity index is 908. The van der Waals surface area contributed by atoms with Crippen molar-refractivity contribution >= 4 is 29.0 Å². The predicted molar refractivity (Wildman–Crippen MR) is 105 cm³/mol. The SMILES string of the molecule is CC(=O)c1ncc(OCCN2CCC3(CC2)C(=O)Nc2ccc(Cl)cc23)cn1. The van der Waals surface area contributed by atoms with Crippen molar-refractivity contribution in [3.8, 4) is 5.75 Å². The molecule has 1 saturated heterocycles. The maximum atomic E-state index is 12.7. The van der Waals surface area contributed by atoms with Gasteiger partial charge in [0.25, 0.3) is 0 Å². The summed E-state index contributed by atoms with van der Waals surface area (Å²) in [4.78, 5) is 34.1. The molecule has 2 aromatic rings. The summed E-state index contributed by atoms with van der Waals surface area (Å²) in [5, 5.41) is 3.65.